The van der Waals surface area contributed by atoms with Gasteiger partial charge in [-0.25, -0.2) is 4.39 Å². The predicted octanol–water partition coefficient (Wildman–Crippen LogP) is 1.96. The number of rotatable bonds is 4. The number of likely N-dealkylation sites (tertiary alicyclic amines) is 3. The number of nitrogens with zero attached hydrogens (tertiary/aromatic N) is 3. The molecule has 1 spiro atoms. The molecule has 25 heavy (non-hydrogen) atoms. The van der Waals surface area contributed by atoms with Gasteiger partial charge in [-0.15, -0.1) is 0 Å². The van der Waals surface area contributed by atoms with Gasteiger partial charge in [0, 0.05) is 38.1 Å². The Labute approximate surface area is 149 Å². The molecule has 0 atom stereocenters. The van der Waals surface area contributed by atoms with Crippen LogP contribution >= 0.6 is 0 Å². The van der Waals surface area contributed by atoms with E-state index < -0.39 is 5.67 Å². The molecule has 4 rings (SSSR count). The van der Waals surface area contributed by atoms with Crippen LogP contribution in [0.3, 0.4) is 0 Å². The molecule has 0 aromatic carbocycles. The Morgan fingerprint density at radius 3 is 2.20 bits per heavy atom. The minimum Gasteiger partial charge on any atom is -0.340 e. The van der Waals surface area contributed by atoms with Gasteiger partial charge in [-0.1, -0.05) is 0 Å². The lowest BCUT2D eigenvalue weighted by Crippen LogP contribution is -2.58. The third-order valence-electron chi connectivity index (χ3n) is 7.03. The Hall–Kier alpha value is -1.17. The molecule has 0 N–H and O–H groups in total. The molecule has 3 heterocycles. The van der Waals surface area contributed by atoms with Gasteiger partial charge in [0.2, 0.25) is 5.91 Å². The third kappa shape index (κ3) is 3.07. The summed E-state index contributed by atoms with van der Waals surface area (Å²) in [5, 5.41) is 0. The molecular weight excluding hydrogens is 321 g/mol. The maximum Gasteiger partial charge on any atom is 0.260 e. The second kappa shape index (κ2) is 6.53. The van der Waals surface area contributed by atoms with Crippen LogP contribution in [0.5, 0.6) is 0 Å². The normalized spacial score (nSPS) is 28.6. The number of carbonyl (C=O) groups excluding carboxylic acids is 2. The summed E-state index contributed by atoms with van der Waals surface area (Å²) < 4.78 is 14.4. The predicted molar refractivity (Wildman–Crippen MR) is 92.9 cm³/mol. The average molecular weight is 351 g/mol. The topological polar surface area (TPSA) is 43.9 Å². The van der Waals surface area contributed by atoms with Crippen LogP contribution in [0, 0.1) is 0 Å². The Balaban J connectivity index is 1.36. The van der Waals surface area contributed by atoms with Crippen molar-refractivity contribution in [2.75, 3.05) is 39.3 Å². The quantitative estimate of drug-likeness (QED) is 0.778. The van der Waals surface area contributed by atoms with E-state index in [1.807, 2.05) is 0 Å². The molecule has 0 aromatic heterocycles. The smallest absolute Gasteiger partial charge is 0.260 e. The lowest BCUT2D eigenvalue weighted by Gasteiger charge is -2.47. The maximum atomic E-state index is 14.4. The molecule has 3 aliphatic heterocycles. The van der Waals surface area contributed by atoms with Crippen molar-refractivity contribution in [2.45, 2.75) is 69.0 Å². The molecule has 6 heteroatoms. The molecular formula is C19H30FN3O2. The average Bonchev–Trinajstić information content (AvgIpc) is 3.20. The van der Waals surface area contributed by atoms with Crippen molar-refractivity contribution in [1.29, 1.82) is 0 Å². The van der Waals surface area contributed by atoms with Crippen LogP contribution in [0.4, 0.5) is 4.39 Å². The number of halogens is 1. The highest BCUT2D eigenvalue weighted by molar-refractivity contribution is 5.86. The van der Waals surface area contributed by atoms with E-state index >= 15 is 0 Å². The fourth-order valence-electron chi connectivity index (χ4n) is 5.11. The highest BCUT2D eigenvalue weighted by Crippen LogP contribution is 2.42. The number of amides is 2. The van der Waals surface area contributed by atoms with Gasteiger partial charge in [-0.2, -0.15) is 0 Å². The molecule has 0 bridgehead atoms. The number of alkyl halides is 1. The fourth-order valence-corrected chi connectivity index (χ4v) is 5.11. The van der Waals surface area contributed by atoms with Crippen molar-refractivity contribution in [3.05, 3.63) is 0 Å². The van der Waals surface area contributed by atoms with Crippen LogP contribution in [0.2, 0.25) is 0 Å². The zero-order valence-corrected chi connectivity index (χ0v) is 15.1. The lowest BCUT2D eigenvalue weighted by molar-refractivity contribution is -0.153. The number of hydrogen-bond donors (Lipinski definition) is 0. The van der Waals surface area contributed by atoms with Crippen molar-refractivity contribution in [3.8, 4) is 0 Å². The molecule has 2 amide bonds. The molecule has 4 fully saturated rings. The first-order chi connectivity index (χ1) is 12.0. The van der Waals surface area contributed by atoms with E-state index in [4.69, 9.17) is 0 Å². The molecule has 0 unspecified atom stereocenters. The van der Waals surface area contributed by atoms with Crippen LogP contribution < -0.4 is 0 Å². The zero-order valence-electron chi connectivity index (χ0n) is 15.1. The molecule has 4 aliphatic rings. The highest BCUT2D eigenvalue weighted by atomic mass is 19.1. The number of hydrogen-bond acceptors (Lipinski definition) is 3. The van der Waals surface area contributed by atoms with Gasteiger partial charge in [-0.3, -0.25) is 9.59 Å². The molecule has 1 saturated carbocycles. The maximum absolute atomic E-state index is 14.4. The van der Waals surface area contributed by atoms with Crippen molar-refractivity contribution < 1.29 is 14.0 Å². The summed E-state index contributed by atoms with van der Waals surface area (Å²) in [6.07, 6.45) is 7.25. The number of piperidine rings is 1. The monoisotopic (exact) mass is 351 g/mol. The summed E-state index contributed by atoms with van der Waals surface area (Å²) in [4.78, 5) is 31.1. The molecule has 1 aliphatic carbocycles. The van der Waals surface area contributed by atoms with E-state index in [-0.39, 0.29) is 17.4 Å². The zero-order chi connectivity index (χ0) is 17.5. The molecule has 0 aromatic rings. The first-order valence-electron chi connectivity index (χ1n) is 10.0. The number of carbonyl (C=O) groups is 2. The largest absolute Gasteiger partial charge is 0.340 e. The van der Waals surface area contributed by atoms with Crippen molar-refractivity contribution in [3.63, 3.8) is 0 Å². The third-order valence-corrected chi connectivity index (χ3v) is 7.03. The van der Waals surface area contributed by atoms with Crippen LogP contribution in [0.15, 0.2) is 0 Å². The van der Waals surface area contributed by atoms with Gasteiger partial charge in [0.25, 0.3) is 5.91 Å². The first-order valence-corrected chi connectivity index (χ1v) is 10.0. The van der Waals surface area contributed by atoms with Gasteiger partial charge < -0.3 is 14.7 Å². The van der Waals surface area contributed by atoms with E-state index in [0.717, 1.165) is 51.9 Å². The van der Waals surface area contributed by atoms with Gasteiger partial charge in [0.05, 0.1) is 0 Å². The fraction of sp³-hybridized carbons (Fsp3) is 0.895. The Bertz CT molecular complexity index is 535. The minimum absolute atomic E-state index is 0.0866. The van der Waals surface area contributed by atoms with Crippen molar-refractivity contribution >= 4 is 11.8 Å². The second-order valence-electron chi connectivity index (χ2n) is 8.43. The second-order valence-corrected chi connectivity index (χ2v) is 8.43. The van der Waals surface area contributed by atoms with Crippen molar-refractivity contribution in [1.82, 2.24) is 14.7 Å². The SMILES string of the molecule is O=C1CCC2(CCN(C(=O)C3(F)CCC3)CC2)N1CCN1CCCC1. The summed E-state index contributed by atoms with van der Waals surface area (Å²) >= 11 is 0. The van der Waals surface area contributed by atoms with Crippen LogP contribution in [0.1, 0.15) is 57.8 Å². The van der Waals surface area contributed by atoms with Crippen LogP contribution in [-0.4, -0.2) is 77.0 Å². The van der Waals surface area contributed by atoms with Crippen LogP contribution in [0.25, 0.3) is 0 Å². The van der Waals surface area contributed by atoms with E-state index in [0.29, 0.717) is 32.4 Å². The highest BCUT2D eigenvalue weighted by Gasteiger charge is 2.51. The van der Waals surface area contributed by atoms with E-state index in [1.165, 1.54) is 12.8 Å². The Kier molecular flexibility index (Phi) is 4.50. The Morgan fingerprint density at radius 2 is 1.60 bits per heavy atom. The van der Waals surface area contributed by atoms with Crippen LogP contribution in [-0.2, 0) is 9.59 Å². The van der Waals surface area contributed by atoms with Gasteiger partial charge in [-0.05, 0) is 64.5 Å². The minimum atomic E-state index is -1.59. The van der Waals surface area contributed by atoms with E-state index in [1.54, 1.807) is 4.90 Å². The van der Waals surface area contributed by atoms with Crippen molar-refractivity contribution in [2.24, 2.45) is 0 Å². The van der Waals surface area contributed by atoms with Gasteiger partial charge in [0.1, 0.15) is 0 Å². The molecule has 3 saturated heterocycles. The van der Waals surface area contributed by atoms with E-state index in [9.17, 15) is 14.0 Å². The lowest BCUT2D eigenvalue weighted by atomic mass is 9.79. The molecule has 140 valence electrons. The molecule has 5 nitrogen and oxygen atoms in total. The summed E-state index contributed by atoms with van der Waals surface area (Å²) in [6.45, 7) is 5.26. The summed E-state index contributed by atoms with van der Waals surface area (Å²) in [7, 11) is 0. The van der Waals surface area contributed by atoms with E-state index in [2.05, 4.69) is 9.80 Å². The summed E-state index contributed by atoms with van der Waals surface area (Å²) in [5.41, 5.74) is -1.68. The Morgan fingerprint density at radius 1 is 0.920 bits per heavy atom. The van der Waals surface area contributed by atoms with Gasteiger partial charge >= 0.3 is 0 Å². The standard InChI is InChI=1S/C19H30FN3O2/c20-19(5-3-6-19)17(25)22-12-8-18(9-13-22)7-4-16(24)23(18)15-14-21-10-1-2-11-21/h1-15H2. The summed E-state index contributed by atoms with van der Waals surface area (Å²) in [5.74, 6) is -0.0403. The van der Waals surface area contributed by atoms with Gasteiger partial charge in [0.15, 0.2) is 5.67 Å². The molecule has 0 radical (unpaired) electrons. The first kappa shape index (κ1) is 17.3. The summed E-state index contributed by atoms with van der Waals surface area (Å²) in [6, 6.07) is 0.